The number of anilines is 4. The highest BCUT2D eigenvalue weighted by Crippen LogP contribution is 2.50. The van der Waals surface area contributed by atoms with E-state index in [2.05, 4.69) is 127 Å². The first-order valence-corrected chi connectivity index (χ1v) is 22.2. The molecular weight excluding hydrogens is 803 g/mol. The van der Waals surface area contributed by atoms with Crippen LogP contribution in [0.25, 0.3) is 58.5 Å². The van der Waals surface area contributed by atoms with Gasteiger partial charge in [0.15, 0.2) is 0 Å². The molecule has 6 nitrogen and oxygen atoms in total. The van der Waals surface area contributed by atoms with E-state index in [1.807, 2.05) is 48.5 Å². The van der Waals surface area contributed by atoms with E-state index in [-0.39, 0.29) is 5.57 Å². The number of unbranched alkanes of at least 4 members (excludes halogenated alkanes) is 1. The van der Waals surface area contributed by atoms with Crippen LogP contribution >= 0.6 is 22.7 Å². The molecule has 0 amide bonds. The second kappa shape index (κ2) is 17.4. The van der Waals surface area contributed by atoms with Gasteiger partial charge >= 0.3 is 5.97 Å². The minimum Gasteiger partial charge on any atom is -0.497 e. The summed E-state index contributed by atoms with van der Waals surface area (Å²) in [5.41, 5.74) is 19.7. The summed E-state index contributed by atoms with van der Waals surface area (Å²) in [5, 5.41) is 10.4. The van der Waals surface area contributed by atoms with Crippen molar-refractivity contribution in [2.75, 3.05) is 24.9 Å². The average Bonchev–Trinajstić information content (AvgIpc) is 4.09. The Balaban J connectivity index is 1.02. The smallest absolute Gasteiger partial charge is 0.349 e. The summed E-state index contributed by atoms with van der Waals surface area (Å²) < 4.78 is 10.6. The number of nitrogens with zero attached hydrogens (tertiary/aromatic N) is 2. The molecule has 6 aromatic carbocycles. The van der Waals surface area contributed by atoms with Gasteiger partial charge < -0.3 is 20.1 Å². The van der Waals surface area contributed by atoms with E-state index < -0.39 is 5.97 Å². The highest BCUT2D eigenvalue weighted by molar-refractivity contribution is 7.19. The van der Waals surface area contributed by atoms with Gasteiger partial charge in [-0.2, -0.15) is 5.26 Å². The van der Waals surface area contributed by atoms with E-state index in [9.17, 15) is 10.1 Å². The average molecular weight is 846 g/mol. The number of rotatable bonds is 12. The van der Waals surface area contributed by atoms with Crippen LogP contribution in [-0.4, -0.2) is 20.2 Å². The van der Waals surface area contributed by atoms with E-state index in [1.165, 1.54) is 36.0 Å². The first kappa shape index (κ1) is 40.2. The minimum atomic E-state index is -0.651. The first-order chi connectivity index (χ1) is 30.3. The summed E-state index contributed by atoms with van der Waals surface area (Å²) in [5.74, 6) is 0.141. The first-order valence-electron chi connectivity index (χ1n) is 20.6. The van der Waals surface area contributed by atoms with E-state index in [4.69, 9.17) is 15.2 Å². The summed E-state index contributed by atoms with van der Waals surface area (Å²) in [4.78, 5) is 19.9. The lowest BCUT2D eigenvalue weighted by Crippen LogP contribution is -2.09. The van der Waals surface area contributed by atoms with Crippen LogP contribution in [0.15, 0.2) is 163 Å². The zero-order valence-electron chi connectivity index (χ0n) is 34.6. The number of ether oxygens (including phenoxy) is 2. The van der Waals surface area contributed by atoms with Crippen LogP contribution in [-0.2, 0) is 16.0 Å². The van der Waals surface area contributed by atoms with E-state index in [1.54, 1.807) is 29.8 Å². The topological polar surface area (TPSA) is 88.6 Å². The lowest BCUT2D eigenvalue weighted by Gasteiger charge is -2.26. The molecule has 0 radical (unpaired) electrons. The Kier molecular flexibility index (Phi) is 11.3. The Morgan fingerprint density at radius 1 is 0.597 bits per heavy atom. The third-order valence-corrected chi connectivity index (χ3v) is 13.7. The number of esters is 1. The highest BCUT2D eigenvalue weighted by atomic mass is 32.1. The van der Waals surface area contributed by atoms with Gasteiger partial charge in [-0.15, -0.1) is 22.7 Å². The van der Waals surface area contributed by atoms with Gasteiger partial charge in [0.1, 0.15) is 17.4 Å². The molecule has 8 aromatic rings. The van der Waals surface area contributed by atoms with Gasteiger partial charge in [0, 0.05) is 47.8 Å². The quantitative estimate of drug-likeness (QED) is 0.0570. The molecule has 0 aliphatic heterocycles. The molecule has 304 valence electrons. The summed E-state index contributed by atoms with van der Waals surface area (Å²) in [7, 11) is 2.99. The number of thiophene rings is 2. The molecule has 0 saturated carbocycles. The molecule has 1 aliphatic carbocycles. The number of fused-ring (bicyclic) bond motifs is 3. The molecule has 0 spiro atoms. The lowest BCUT2D eigenvalue weighted by atomic mass is 9.96. The van der Waals surface area contributed by atoms with Crippen molar-refractivity contribution < 1.29 is 14.3 Å². The van der Waals surface area contributed by atoms with E-state index in [0.29, 0.717) is 11.3 Å². The Hall–Kier alpha value is -7.18. The van der Waals surface area contributed by atoms with E-state index >= 15 is 0 Å². The number of methoxy groups -OCH3 is 2. The Morgan fingerprint density at radius 3 is 1.52 bits per heavy atom. The zero-order chi connectivity index (χ0) is 42.7. The minimum absolute atomic E-state index is 0.00792. The molecule has 2 heterocycles. The predicted molar refractivity (Wildman–Crippen MR) is 257 cm³/mol. The standard InChI is InChI=1S/C54H43N3O3S2/c1-4-5-6-34-7-9-35(10-8-34)49-27-29-51(61-49)37-13-25-44-45-26-14-38(32-47(45)53(46(44)31-37)48(33-55)54(58)60-3)52-30-28-50(62-52)36-11-17-40(18-12-36)57(41-19-15-39(56)16-20-41)42-21-23-43(59-2)24-22-42/h7-32H,4-6,56H2,1-3H3/b53-48-. The number of aryl methyl sites for hydroxylation is 1. The lowest BCUT2D eigenvalue weighted by molar-refractivity contribution is -0.135. The van der Waals surface area contributed by atoms with Gasteiger partial charge in [0.05, 0.1) is 14.2 Å². The van der Waals surface area contributed by atoms with Crippen LogP contribution in [0.1, 0.15) is 36.5 Å². The number of hydrogen-bond acceptors (Lipinski definition) is 8. The van der Waals surface area contributed by atoms with Crippen LogP contribution in [0.4, 0.5) is 22.7 Å². The summed E-state index contributed by atoms with van der Waals surface area (Å²) >= 11 is 3.44. The van der Waals surface area contributed by atoms with Crippen LogP contribution in [0.2, 0.25) is 0 Å². The number of hydrogen-bond donors (Lipinski definition) is 1. The van der Waals surface area contributed by atoms with Gasteiger partial charge in [-0.3, -0.25) is 0 Å². The SMILES string of the molecule is CCCCc1ccc(-c2ccc(-c3ccc4c(c3)/C(=C(\C#N)C(=O)OC)c3cc(-c5ccc(-c6ccc(N(c7ccc(N)cc7)c7ccc(OC)cc7)cc6)s5)ccc3-4)s2)cc1. The maximum atomic E-state index is 13.2. The molecule has 62 heavy (non-hydrogen) atoms. The third kappa shape index (κ3) is 7.80. The van der Waals surface area contributed by atoms with Crippen molar-refractivity contribution in [2.45, 2.75) is 26.2 Å². The molecule has 2 N–H and O–H groups in total. The number of carbonyl (C=O) groups excluding carboxylic acids is 1. The van der Waals surface area contributed by atoms with Gasteiger partial charge in [-0.05, 0) is 160 Å². The van der Waals surface area contributed by atoms with Crippen LogP contribution in [0.5, 0.6) is 5.75 Å². The van der Waals surface area contributed by atoms with Crippen molar-refractivity contribution in [1.82, 2.24) is 0 Å². The van der Waals surface area contributed by atoms with Crippen LogP contribution < -0.4 is 15.4 Å². The second-order valence-electron chi connectivity index (χ2n) is 15.2. The van der Waals surface area contributed by atoms with Crippen molar-refractivity contribution >= 4 is 57.0 Å². The molecule has 0 bridgehead atoms. The van der Waals surface area contributed by atoms with Crippen LogP contribution in [0.3, 0.4) is 0 Å². The largest absolute Gasteiger partial charge is 0.497 e. The van der Waals surface area contributed by atoms with Crippen molar-refractivity contribution in [2.24, 2.45) is 0 Å². The Bertz CT molecular complexity index is 2990. The molecular formula is C54H43N3O3S2. The van der Waals surface area contributed by atoms with E-state index in [0.717, 1.165) is 82.8 Å². The molecule has 0 atom stereocenters. The van der Waals surface area contributed by atoms with Crippen molar-refractivity contribution in [1.29, 1.82) is 5.26 Å². The number of nitrogens with two attached hydrogens (primary N) is 1. The van der Waals surface area contributed by atoms with Gasteiger partial charge in [0.25, 0.3) is 0 Å². The zero-order valence-corrected chi connectivity index (χ0v) is 36.3. The molecule has 1 aliphatic rings. The molecule has 8 heteroatoms. The number of nitriles is 1. The fourth-order valence-electron chi connectivity index (χ4n) is 8.09. The van der Waals surface area contributed by atoms with Crippen LogP contribution in [0, 0.1) is 11.3 Å². The van der Waals surface area contributed by atoms with Crippen molar-refractivity contribution in [3.63, 3.8) is 0 Å². The molecule has 0 fully saturated rings. The summed E-state index contributed by atoms with van der Waals surface area (Å²) in [6, 6.07) is 56.8. The number of benzene rings is 6. The van der Waals surface area contributed by atoms with Gasteiger partial charge in [0.2, 0.25) is 0 Å². The van der Waals surface area contributed by atoms with Gasteiger partial charge in [-0.1, -0.05) is 74.0 Å². The number of nitrogen functional groups attached to an aromatic ring is 1. The highest BCUT2D eigenvalue weighted by Gasteiger charge is 2.30. The molecule has 0 saturated heterocycles. The van der Waals surface area contributed by atoms with Crippen molar-refractivity contribution in [3.8, 4) is 64.7 Å². The maximum absolute atomic E-state index is 13.2. The fraction of sp³-hybridized carbons (Fsp3) is 0.111. The predicted octanol–water partition coefficient (Wildman–Crippen LogP) is 14.4. The third-order valence-electron chi connectivity index (χ3n) is 11.3. The molecule has 0 unspecified atom stereocenters. The molecule has 9 rings (SSSR count). The summed E-state index contributed by atoms with van der Waals surface area (Å²) in [6.45, 7) is 2.22. The Labute approximate surface area is 370 Å². The fourth-order valence-corrected chi connectivity index (χ4v) is 10.1. The van der Waals surface area contributed by atoms with Crippen molar-refractivity contribution in [3.05, 3.63) is 180 Å². The second-order valence-corrected chi connectivity index (χ2v) is 17.3. The monoisotopic (exact) mass is 845 g/mol. The maximum Gasteiger partial charge on any atom is 0.349 e. The van der Waals surface area contributed by atoms with Gasteiger partial charge in [-0.25, -0.2) is 4.79 Å². The number of carbonyl (C=O) groups is 1. The summed E-state index contributed by atoms with van der Waals surface area (Å²) in [6.07, 6.45) is 3.47. The Morgan fingerprint density at radius 2 is 1.05 bits per heavy atom. The molecule has 2 aromatic heterocycles. The normalized spacial score (nSPS) is 12.3.